The lowest BCUT2D eigenvalue weighted by Crippen LogP contribution is -2.26. The normalized spacial score (nSPS) is 17.4. The molecule has 0 fully saturated rings. The van der Waals surface area contributed by atoms with E-state index in [0.29, 0.717) is 5.88 Å². The van der Waals surface area contributed by atoms with E-state index in [-0.39, 0.29) is 12.4 Å². The summed E-state index contributed by atoms with van der Waals surface area (Å²) in [6.45, 7) is 0.974. The molecule has 1 aromatic carbocycles. The van der Waals surface area contributed by atoms with E-state index < -0.39 is 0 Å². The summed E-state index contributed by atoms with van der Waals surface area (Å²) in [6.07, 6.45) is 1.03. The van der Waals surface area contributed by atoms with E-state index in [1.54, 1.807) is 11.8 Å². The molecule has 0 atom stereocenters. The molecule has 0 saturated carbocycles. The molecule has 0 unspecified atom stereocenters. The van der Waals surface area contributed by atoms with Gasteiger partial charge in [0.1, 0.15) is 0 Å². The minimum atomic E-state index is 0. The molecule has 2 heterocycles. The van der Waals surface area contributed by atoms with Crippen LogP contribution in [0.5, 0.6) is 0 Å². The fourth-order valence-corrected chi connectivity index (χ4v) is 3.22. The van der Waals surface area contributed by atoms with E-state index in [9.17, 15) is 0 Å². The number of benzene rings is 1. The number of nitrogens with zero attached hydrogens (tertiary/aromatic N) is 2. The van der Waals surface area contributed by atoms with Gasteiger partial charge in [-0.2, -0.15) is 0 Å². The predicted octanol–water partition coefficient (Wildman–Crippen LogP) is 3.78. The molecule has 2 aliphatic rings. The largest absolute Gasteiger partial charge is 0.322 e. The molecule has 0 aliphatic carbocycles. The molecule has 3 rings (SSSR count). The zero-order valence-electron chi connectivity index (χ0n) is 9.10. The first-order chi connectivity index (χ1) is 7.88. The maximum absolute atomic E-state index is 5.91. The molecule has 5 heteroatoms. The molecule has 0 aromatic heterocycles. The Hall–Kier alpha value is -0.640. The second-order valence-electron chi connectivity index (χ2n) is 3.79. The summed E-state index contributed by atoms with van der Waals surface area (Å²) in [6, 6.07) is 8.33. The van der Waals surface area contributed by atoms with E-state index in [2.05, 4.69) is 28.5 Å². The second kappa shape index (κ2) is 5.34. The number of fused-ring (bicyclic) bond motifs is 2. The predicted molar refractivity (Wildman–Crippen MR) is 77.6 cm³/mol. The number of allylic oxidation sites excluding steroid dienone is 1. The minimum Gasteiger partial charge on any atom is -0.322 e. The van der Waals surface area contributed by atoms with Crippen molar-refractivity contribution in [1.82, 2.24) is 4.90 Å². The highest BCUT2D eigenvalue weighted by atomic mass is 35.5. The zero-order chi connectivity index (χ0) is 11.0. The Morgan fingerprint density at radius 1 is 1.35 bits per heavy atom. The fourth-order valence-electron chi connectivity index (χ4n) is 1.97. The summed E-state index contributed by atoms with van der Waals surface area (Å²) in [5, 5.41) is 3.15. The van der Waals surface area contributed by atoms with Crippen LogP contribution in [0.4, 0.5) is 5.69 Å². The highest BCUT2D eigenvalue weighted by Gasteiger charge is 2.24. The van der Waals surface area contributed by atoms with Crippen molar-refractivity contribution in [2.45, 2.75) is 6.42 Å². The number of alkyl halides is 1. The number of amidine groups is 1. The van der Waals surface area contributed by atoms with E-state index in [1.165, 1.54) is 11.3 Å². The van der Waals surface area contributed by atoms with Gasteiger partial charge in [-0.1, -0.05) is 30.0 Å². The number of para-hydroxylation sites is 1. The molecule has 0 saturated heterocycles. The van der Waals surface area contributed by atoms with Crippen molar-refractivity contribution in [2.75, 3.05) is 12.4 Å². The lowest BCUT2D eigenvalue weighted by atomic mass is 10.1. The van der Waals surface area contributed by atoms with Crippen molar-refractivity contribution in [2.24, 2.45) is 4.99 Å². The second-order valence-corrected chi connectivity index (χ2v) is 4.89. The van der Waals surface area contributed by atoms with Crippen LogP contribution in [0.15, 0.2) is 40.4 Å². The van der Waals surface area contributed by atoms with Crippen LogP contribution in [-0.4, -0.2) is 22.5 Å². The first-order valence-electron chi connectivity index (χ1n) is 5.24. The molecular formula is C12H12Cl2N2S. The standard InChI is InChI=1S/C12H11ClN2S.ClH/c13-7-10-8-16-12-14-11-4-2-1-3-9(11)5-6-15(10)12;/h1-4,8H,5-7H2;1H. The molecule has 1 aromatic rings. The third kappa shape index (κ3) is 2.32. The lowest BCUT2D eigenvalue weighted by molar-refractivity contribution is 0.537. The summed E-state index contributed by atoms with van der Waals surface area (Å²) >= 11 is 7.58. The third-order valence-electron chi connectivity index (χ3n) is 2.83. The molecule has 2 nitrogen and oxygen atoms in total. The quantitative estimate of drug-likeness (QED) is 0.730. The lowest BCUT2D eigenvalue weighted by Gasteiger charge is -2.18. The van der Waals surface area contributed by atoms with Crippen molar-refractivity contribution < 1.29 is 0 Å². The van der Waals surface area contributed by atoms with Crippen LogP contribution in [0.3, 0.4) is 0 Å². The molecule has 2 aliphatic heterocycles. The summed E-state index contributed by atoms with van der Waals surface area (Å²) < 4.78 is 0. The molecule has 0 N–H and O–H groups in total. The third-order valence-corrected chi connectivity index (χ3v) is 4.01. The number of halogens is 2. The number of thioether (sulfide) groups is 1. The maximum atomic E-state index is 5.91. The van der Waals surface area contributed by atoms with Crippen LogP contribution in [0.2, 0.25) is 0 Å². The smallest absolute Gasteiger partial charge is 0.173 e. The van der Waals surface area contributed by atoms with Crippen LogP contribution in [0, 0.1) is 0 Å². The van der Waals surface area contributed by atoms with Gasteiger partial charge in [0.15, 0.2) is 5.17 Å². The summed E-state index contributed by atoms with van der Waals surface area (Å²) in [5.74, 6) is 0.558. The Bertz CT molecular complexity index is 485. The van der Waals surface area contributed by atoms with E-state index in [4.69, 9.17) is 16.6 Å². The van der Waals surface area contributed by atoms with Gasteiger partial charge in [-0.25, -0.2) is 4.99 Å². The van der Waals surface area contributed by atoms with Crippen LogP contribution < -0.4 is 0 Å². The Balaban J connectivity index is 0.00000108. The fraction of sp³-hybridized carbons (Fsp3) is 0.250. The Morgan fingerprint density at radius 2 is 2.18 bits per heavy atom. The highest BCUT2D eigenvalue weighted by Crippen LogP contribution is 2.33. The zero-order valence-corrected chi connectivity index (χ0v) is 11.5. The van der Waals surface area contributed by atoms with Crippen LogP contribution >= 0.6 is 35.8 Å². The Morgan fingerprint density at radius 3 is 3.00 bits per heavy atom. The van der Waals surface area contributed by atoms with E-state index in [0.717, 1.165) is 23.8 Å². The minimum absolute atomic E-state index is 0. The maximum Gasteiger partial charge on any atom is 0.173 e. The molecule has 17 heavy (non-hydrogen) atoms. The van der Waals surface area contributed by atoms with Crippen molar-refractivity contribution in [3.63, 3.8) is 0 Å². The van der Waals surface area contributed by atoms with Crippen LogP contribution in [0.1, 0.15) is 5.56 Å². The van der Waals surface area contributed by atoms with Gasteiger partial charge in [-0.05, 0) is 23.5 Å². The van der Waals surface area contributed by atoms with Gasteiger partial charge in [0, 0.05) is 12.2 Å². The average Bonchev–Trinajstić information content (AvgIpc) is 2.61. The van der Waals surface area contributed by atoms with Crippen molar-refractivity contribution in [1.29, 1.82) is 0 Å². The average molecular weight is 287 g/mol. The Labute approximate surface area is 116 Å². The molecule has 0 bridgehead atoms. The van der Waals surface area contributed by atoms with Crippen molar-refractivity contribution >= 4 is 46.6 Å². The van der Waals surface area contributed by atoms with Crippen molar-refractivity contribution in [3.05, 3.63) is 40.9 Å². The molecule has 0 amide bonds. The molecule has 90 valence electrons. The van der Waals surface area contributed by atoms with Crippen molar-refractivity contribution in [3.8, 4) is 0 Å². The van der Waals surface area contributed by atoms with E-state index >= 15 is 0 Å². The monoisotopic (exact) mass is 286 g/mol. The summed E-state index contributed by atoms with van der Waals surface area (Å²) in [4.78, 5) is 6.91. The van der Waals surface area contributed by atoms with E-state index in [1.807, 2.05) is 6.07 Å². The molecule has 0 radical (unpaired) electrons. The van der Waals surface area contributed by atoms with Crippen LogP contribution in [0.25, 0.3) is 0 Å². The van der Waals surface area contributed by atoms with Gasteiger partial charge in [0.2, 0.25) is 0 Å². The van der Waals surface area contributed by atoms with Gasteiger partial charge in [0.25, 0.3) is 0 Å². The van der Waals surface area contributed by atoms with Gasteiger partial charge >= 0.3 is 0 Å². The van der Waals surface area contributed by atoms with Gasteiger partial charge in [-0.3, -0.25) is 0 Å². The number of hydrogen-bond acceptors (Lipinski definition) is 3. The molecular weight excluding hydrogens is 275 g/mol. The first kappa shape index (κ1) is 12.8. The number of hydrogen-bond donors (Lipinski definition) is 0. The molecule has 0 spiro atoms. The Kier molecular flexibility index (Phi) is 4.02. The van der Waals surface area contributed by atoms with Gasteiger partial charge in [-0.15, -0.1) is 24.0 Å². The van der Waals surface area contributed by atoms with Crippen LogP contribution in [-0.2, 0) is 6.42 Å². The van der Waals surface area contributed by atoms with Gasteiger partial charge in [0.05, 0.1) is 11.6 Å². The highest BCUT2D eigenvalue weighted by molar-refractivity contribution is 8.16. The SMILES string of the molecule is Cl.ClCC1=CSC2=Nc3ccccc3CCN12. The summed E-state index contributed by atoms with van der Waals surface area (Å²) in [7, 11) is 0. The number of rotatable bonds is 1. The first-order valence-corrected chi connectivity index (χ1v) is 6.66. The number of aliphatic imine (C=N–C) groups is 1. The topological polar surface area (TPSA) is 15.6 Å². The van der Waals surface area contributed by atoms with Gasteiger partial charge < -0.3 is 4.90 Å². The summed E-state index contributed by atoms with van der Waals surface area (Å²) in [5.41, 5.74) is 3.58.